The predicted octanol–water partition coefficient (Wildman–Crippen LogP) is 3.30. The lowest BCUT2D eigenvalue weighted by molar-refractivity contribution is -0.136. The fraction of sp³-hybridized carbons (Fsp3) is 0.417. The van der Waals surface area contributed by atoms with Crippen molar-refractivity contribution in [2.45, 2.75) is 57.4 Å². The maximum atomic E-state index is 13.4. The second-order valence-corrected chi connectivity index (χ2v) is 10.3. The van der Waals surface area contributed by atoms with Crippen LogP contribution >= 0.6 is 0 Å². The molecular formula is C24H31N3O4S. The maximum Gasteiger partial charge on any atom is 0.313 e. The van der Waals surface area contributed by atoms with Crippen LogP contribution in [0.5, 0.6) is 0 Å². The summed E-state index contributed by atoms with van der Waals surface area (Å²) < 4.78 is 28.3. The van der Waals surface area contributed by atoms with E-state index in [9.17, 15) is 18.0 Å². The Bertz CT molecular complexity index is 1080. The first-order valence-electron chi connectivity index (χ1n) is 10.9. The lowest BCUT2D eigenvalue weighted by Crippen LogP contribution is -2.46. The zero-order valence-corrected chi connectivity index (χ0v) is 19.7. The number of rotatable bonds is 6. The van der Waals surface area contributed by atoms with Crippen molar-refractivity contribution in [1.82, 2.24) is 9.62 Å². The smallest absolute Gasteiger partial charge is 0.313 e. The van der Waals surface area contributed by atoms with E-state index in [0.29, 0.717) is 23.5 Å². The second kappa shape index (κ2) is 10.3. The van der Waals surface area contributed by atoms with Gasteiger partial charge in [0.15, 0.2) is 0 Å². The number of hydrogen-bond donors (Lipinski definition) is 2. The Morgan fingerprint density at radius 2 is 1.66 bits per heavy atom. The van der Waals surface area contributed by atoms with Crippen molar-refractivity contribution in [3.05, 3.63) is 59.2 Å². The van der Waals surface area contributed by atoms with Gasteiger partial charge in [-0.25, -0.2) is 8.42 Å². The zero-order valence-electron chi connectivity index (χ0n) is 18.8. The van der Waals surface area contributed by atoms with Crippen LogP contribution in [0.4, 0.5) is 5.69 Å². The number of carbonyl (C=O) groups excluding carboxylic acids is 2. The lowest BCUT2D eigenvalue weighted by atomic mass is 10.0. The largest absolute Gasteiger partial charge is 0.348 e. The molecule has 0 aliphatic carbocycles. The number of carbonyl (C=O) groups is 2. The molecule has 2 N–H and O–H groups in total. The van der Waals surface area contributed by atoms with E-state index in [1.54, 1.807) is 29.4 Å². The Kier molecular flexibility index (Phi) is 7.69. The summed E-state index contributed by atoms with van der Waals surface area (Å²) in [5.74, 6) is -1.47. The SMILES string of the molecule is Cc1ccc(NC(=O)C(=O)NCCC2CCCCN2S(=O)(=O)c2cc(C)ccc2C)cc1. The Labute approximate surface area is 190 Å². The third-order valence-electron chi connectivity index (χ3n) is 5.78. The molecule has 8 heteroatoms. The molecule has 1 heterocycles. The fourth-order valence-corrected chi connectivity index (χ4v) is 5.98. The highest BCUT2D eigenvalue weighted by molar-refractivity contribution is 7.89. The molecule has 1 atom stereocenters. The molecule has 1 aliphatic rings. The first-order valence-corrected chi connectivity index (χ1v) is 12.4. The molecule has 32 heavy (non-hydrogen) atoms. The van der Waals surface area contributed by atoms with Crippen molar-refractivity contribution in [3.63, 3.8) is 0 Å². The summed E-state index contributed by atoms with van der Waals surface area (Å²) in [4.78, 5) is 24.6. The van der Waals surface area contributed by atoms with Crippen LogP contribution in [-0.2, 0) is 19.6 Å². The van der Waals surface area contributed by atoms with Gasteiger partial charge in [0, 0.05) is 24.8 Å². The highest BCUT2D eigenvalue weighted by atomic mass is 32.2. The number of sulfonamides is 1. The van der Waals surface area contributed by atoms with Gasteiger partial charge in [-0.1, -0.05) is 36.2 Å². The van der Waals surface area contributed by atoms with E-state index in [0.717, 1.165) is 36.0 Å². The average Bonchev–Trinajstić information content (AvgIpc) is 2.77. The van der Waals surface area contributed by atoms with Crippen molar-refractivity contribution >= 4 is 27.5 Å². The third kappa shape index (κ3) is 5.75. The molecule has 7 nitrogen and oxygen atoms in total. The Morgan fingerprint density at radius 3 is 2.38 bits per heavy atom. The summed E-state index contributed by atoms with van der Waals surface area (Å²) in [6.45, 7) is 6.31. The molecule has 0 aromatic heterocycles. The number of amides is 2. The number of anilines is 1. The first-order chi connectivity index (χ1) is 15.2. The number of benzene rings is 2. The van der Waals surface area contributed by atoms with Gasteiger partial charge < -0.3 is 10.6 Å². The normalized spacial score (nSPS) is 17.0. The molecule has 2 aromatic carbocycles. The van der Waals surface area contributed by atoms with E-state index >= 15 is 0 Å². The molecule has 3 rings (SSSR count). The van der Waals surface area contributed by atoms with Gasteiger partial charge in [-0.15, -0.1) is 0 Å². The third-order valence-corrected chi connectivity index (χ3v) is 7.88. The number of aryl methyl sites for hydroxylation is 3. The van der Waals surface area contributed by atoms with Gasteiger partial charge in [-0.05, 0) is 69.4 Å². The topological polar surface area (TPSA) is 95.6 Å². The van der Waals surface area contributed by atoms with Gasteiger partial charge in [-0.3, -0.25) is 9.59 Å². The minimum absolute atomic E-state index is 0.214. The summed E-state index contributed by atoms with van der Waals surface area (Å²) in [5.41, 5.74) is 3.23. The van der Waals surface area contributed by atoms with Crippen LogP contribution in [0.1, 0.15) is 42.4 Å². The predicted molar refractivity (Wildman–Crippen MR) is 125 cm³/mol. The molecular weight excluding hydrogens is 426 g/mol. The fourth-order valence-electron chi connectivity index (χ4n) is 3.95. The van der Waals surface area contributed by atoms with Crippen LogP contribution in [0.3, 0.4) is 0 Å². The van der Waals surface area contributed by atoms with Crippen molar-refractivity contribution < 1.29 is 18.0 Å². The monoisotopic (exact) mass is 457 g/mol. The molecule has 0 radical (unpaired) electrons. The van der Waals surface area contributed by atoms with Gasteiger partial charge in [0.1, 0.15) is 0 Å². The van der Waals surface area contributed by atoms with Gasteiger partial charge >= 0.3 is 11.8 Å². The number of nitrogens with one attached hydrogen (secondary N) is 2. The highest BCUT2D eigenvalue weighted by Crippen LogP contribution is 2.29. The number of hydrogen-bond acceptors (Lipinski definition) is 4. The zero-order chi connectivity index (χ0) is 23.3. The van der Waals surface area contributed by atoms with Crippen LogP contribution in [0.2, 0.25) is 0 Å². The Morgan fingerprint density at radius 1 is 0.969 bits per heavy atom. The van der Waals surface area contributed by atoms with Crippen molar-refractivity contribution in [3.8, 4) is 0 Å². The number of piperidine rings is 1. The molecule has 2 amide bonds. The molecule has 1 aliphatic heterocycles. The van der Waals surface area contributed by atoms with E-state index < -0.39 is 21.8 Å². The average molecular weight is 458 g/mol. The molecule has 2 aromatic rings. The van der Waals surface area contributed by atoms with Crippen molar-refractivity contribution in [2.75, 3.05) is 18.4 Å². The minimum Gasteiger partial charge on any atom is -0.348 e. The molecule has 0 spiro atoms. The molecule has 1 saturated heterocycles. The van der Waals surface area contributed by atoms with Gasteiger partial charge in [0.05, 0.1) is 4.90 Å². The van der Waals surface area contributed by atoms with Crippen molar-refractivity contribution in [1.29, 1.82) is 0 Å². The summed E-state index contributed by atoms with van der Waals surface area (Å²) in [6, 6.07) is 12.4. The summed E-state index contributed by atoms with van der Waals surface area (Å²) in [5, 5.41) is 5.19. The van der Waals surface area contributed by atoms with Crippen LogP contribution in [0.25, 0.3) is 0 Å². The summed E-state index contributed by atoms with van der Waals surface area (Å²) in [6.07, 6.45) is 2.93. The van der Waals surface area contributed by atoms with E-state index in [1.165, 1.54) is 0 Å². The Hall–Kier alpha value is -2.71. The highest BCUT2D eigenvalue weighted by Gasteiger charge is 2.34. The molecule has 172 valence electrons. The summed E-state index contributed by atoms with van der Waals surface area (Å²) >= 11 is 0. The summed E-state index contributed by atoms with van der Waals surface area (Å²) in [7, 11) is -3.63. The molecule has 1 unspecified atom stereocenters. The first kappa shape index (κ1) is 23.9. The standard InChI is InChI=1S/C24H31N3O4S/c1-17-8-11-20(12-9-17)26-24(29)23(28)25-14-13-21-6-4-5-15-27(21)32(30,31)22-16-18(2)7-10-19(22)3/h7-12,16,21H,4-6,13-15H2,1-3H3,(H,25,28)(H,26,29). The van der Waals surface area contributed by atoms with E-state index in [2.05, 4.69) is 10.6 Å². The van der Waals surface area contributed by atoms with Crippen LogP contribution in [-0.4, -0.2) is 43.7 Å². The molecule has 0 saturated carbocycles. The number of nitrogens with zero attached hydrogens (tertiary/aromatic N) is 1. The van der Waals surface area contributed by atoms with E-state index in [4.69, 9.17) is 0 Å². The van der Waals surface area contributed by atoms with Gasteiger partial charge in [0.25, 0.3) is 0 Å². The van der Waals surface area contributed by atoms with Crippen LogP contribution in [0.15, 0.2) is 47.4 Å². The van der Waals surface area contributed by atoms with Gasteiger partial charge in [-0.2, -0.15) is 4.31 Å². The van der Waals surface area contributed by atoms with E-state index in [-0.39, 0.29) is 12.6 Å². The van der Waals surface area contributed by atoms with Crippen molar-refractivity contribution in [2.24, 2.45) is 0 Å². The second-order valence-electron chi connectivity index (χ2n) is 8.40. The van der Waals surface area contributed by atoms with E-state index in [1.807, 2.05) is 38.1 Å². The quantitative estimate of drug-likeness (QED) is 0.651. The molecule has 0 bridgehead atoms. The maximum absolute atomic E-state index is 13.4. The van der Waals surface area contributed by atoms with Crippen LogP contribution < -0.4 is 10.6 Å². The minimum atomic E-state index is -3.63. The molecule has 1 fully saturated rings. The lowest BCUT2D eigenvalue weighted by Gasteiger charge is -2.35. The van der Waals surface area contributed by atoms with Crippen LogP contribution in [0, 0.1) is 20.8 Å². The van der Waals surface area contributed by atoms with Gasteiger partial charge in [0.2, 0.25) is 10.0 Å². The Balaban J connectivity index is 1.60.